The predicted molar refractivity (Wildman–Crippen MR) is 146 cm³/mol. The molecule has 0 spiro atoms. The van der Waals surface area contributed by atoms with Gasteiger partial charge in [-0.3, -0.25) is 9.69 Å². The van der Waals surface area contributed by atoms with Gasteiger partial charge in [0.1, 0.15) is 5.75 Å². The molecule has 3 aromatic rings. The van der Waals surface area contributed by atoms with Gasteiger partial charge in [-0.25, -0.2) is 0 Å². The fourth-order valence-electron chi connectivity index (χ4n) is 4.15. The molecular weight excluding hydrogens is 524 g/mol. The van der Waals surface area contributed by atoms with Crippen LogP contribution < -0.4 is 19.8 Å². The lowest BCUT2D eigenvalue weighted by Crippen LogP contribution is -2.46. The van der Waals surface area contributed by atoms with Crippen LogP contribution in [-0.4, -0.2) is 63.2 Å². The number of ether oxygens (including phenoxy) is 1. The van der Waals surface area contributed by atoms with E-state index >= 15 is 0 Å². The van der Waals surface area contributed by atoms with Crippen molar-refractivity contribution in [2.24, 2.45) is 0 Å². The second-order valence-corrected chi connectivity index (χ2v) is 10.4. The second-order valence-electron chi connectivity index (χ2n) is 8.31. The van der Waals surface area contributed by atoms with Crippen molar-refractivity contribution < 1.29 is 18.4 Å². The number of nitrogens with zero attached hydrogens (tertiary/aromatic N) is 3. The van der Waals surface area contributed by atoms with E-state index in [1.807, 2.05) is 30.3 Å². The zero-order chi connectivity index (χ0) is 25.5. The van der Waals surface area contributed by atoms with Gasteiger partial charge < -0.3 is 23.3 Å². The van der Waals surface area contributed by atoms with Crippen LogP contribution >= 0.6 is 31.8 Å². The smallest absolute Gasteiger partial charge is 0.417 e. The van der Waals surface area contributed by atoms with Crippen molar-refractivity contribution in [2.75, 3.05) is 58.5 Å². The Balaban J connectivity index is 1.25. The van der Waals surface area contributed by atoms with Gasteiger partial charge in [0, 0.05) is 57.9 Å². The van der Waals surface area contributed by atoms with Crippen molar-refractivity contribution in [3.8, 4) is 5.75 Å². The molecule has 194 valence electrons. The second kappa shape index (κ2) is 13.0. The first-order valence-electron chi connectivity index (χ1n) is 11.8. The molecule has 0 amide bonds. The summed E-state index contributed by atoms with van der Waals surface area (Å²) < 4.78 is 23.0. The summed E-state index contributed by atoms with van der Waals surface area (Å²) in [6, 6.07) is 14.6. The molecule has 1 aliphatic rings. The number of piperazine rings is 1. The third-order valence-electron chi connectivity index (χ3n) is 6.05. The lowest BCUT2D eigenvalue weighted by molar-refractivity contribution is 0.189. The highest BCUT2D eigenvalue weighted by molar-refractivity contribution is 7.41. The average molecular weight is 554 g/mol. The van der Waals surface area contributed by atoms with Gasteiger partial charge in [-0.1, -0.05) is 29.3 Å². The van der Waals surface area contributed by atoms with E-state index in [9.17, 15) is 4.79 Å². The molecule has 0 unspecified atom stereocenters. The van der Waals surface area contributed by atoms with Crippen molar-refractivity contribution in [1.29, 1.82) is 0 Å². The monoisotopic (exact) mass is 553 g/mol. The Morgan fingerprint density at radius 1 is 0.944 bits per heavy atom. The van der Waals surface area contributed by atoms with Crippen LogP contribution in [0.15, 0.2) is 53.3 Å². The first kappa shape index (κ1) is 27.0. The van der Waals surface area contributed by atoms with Crippen LogP contribution in [0.5, 0.6) is 5.75 Å². The largest absolute Gasteiger partial charge is 0.494 e. The van der Waals surface area contributed by atoms with Crippen molar-refractivity contribution in [3.05, 3.63) is 68.9 Å². The van der Waals surface area contributed by atoms with Crippen LogP contribution in [0.4, 0.5) is 5.69 Å². The number of unbranched alkanes of at least 4 members (excludes halogenated alkanes) is 1. The lowest BCUT2D eigenvalue weighted by Gasteiger charge is -2.36. The van der Waals surface area contributed by atoms with Gasteiger partial charge in [-0.2, -0.15) is 0 Å². The number of halogens is 2. The Morgan fingerprint density at radius 2 is 1.69 bits per heavy atom. The fourth-order valence-corrected chi connectivity index (χ4v) is 5.15. The standard InChI is InChI=1S/C25H30Cl2N3O5P/c1-32-36(33-2)35-30-23-18-20(10-8-19(23)9-11-24(30)31)34-17-4-3-12-28-13-15-29(16-14-28)22-7-5-6-21(26)25(22)27/h5-11,18H,3-4,12-17H2,1-2H3. The minimum Gasteiger partial charge on any atom is -0.494 e. The maximum absolute atomic E-state index is 12.4. The molecule has 4 rings (SSSR count). The Labute approximate surface area is 222 Å². The van der Waals surface area contributed by atoms with Crippen LogP contribution in [-0.2, 0) is 9.05 Å². The molecule has 8 nitrogen and oxygen atoms in total. The van der Waals surface area contributed by atoms with Gasteiger partial charge in [0.25, 0.3) is 5.56 Å². The summed E-state index contributed by atoms with van der Waals surface area (Å²) in [5.74, 6) is 0.677. The maximum atomic E-state index is 12.4. The zero-order valence-electron chi connectivity index (χ0n) is 20.4. The van der Waals surface area contributed by atoms with Gasteiger partial charge in [-0.05, 0) is 49.7 Å². The molecule has 1 fully saturated rings. The zero-order valence-corrected chi connectivity index (χ0v) is 22.8. The number of pyridine rings is 1. The summed E-state index contributed by atoms with van der Waals surface area (Å²) in [4.78, 5) is 17.1. The highest BCUT2D eigenvalue weighted by Crippen LogP contribution is 2.34. The molecule has 0 aliphatic carbocycles. The van der Waals surface area contributed by atoms with E-state index < -0.39 is 8.60 Å². The van der Waals surface area contributed by atoms with E-state index in [4.69, 9.17) is 41.6 Å². The van der Waals surface area contributed by atoms with Crippen molar-refractivity contribution >= 4 is 48.4 Å². The number of hydrogen-bond acceptors (Lipinski definition) is 7. The molecule has 2 aromatic carbocycles. The minimum absolute atomic E-state index is 0.306. The van der Waals surface area contributed by atoms with E-state index in [0.717, 1.165) is 56.6 Å². The van der Waals surface area contributed by atoms with Crippen molar-refractivity contribution in [1.82, 2.24) is 9.63 Å². The summed E-state index contributed by atoms with van der Waals surface area (Å²) in [6.45, 7) is 5.42. The quantitative estimate of drug-likeness (QED) is 0.237. The molecule has 2 heterocycles. The summed E-state index contributed by atoms with van der Waals surface area (Å²) in [5, 5.41) is 2.07. The molecule has 1 aromatic heterocycles. The topological polar surface area (TPSA) is 65.4 Å². The highest BCUT2D eigenvalue weighted by atomic mass is 35.5. The van der Waals surface area contributed by atoms with Gasteiger partial charge >= 0.3 is 8.60 Å². The van der Waals surface area contributed by atoms with Crippen LogP contribution in [0, 0.1) is 0 Å². The number of benzene rings is 2. The normalized spacial score (nSPS) is 14.5. The Morgan fingerprint density at radius 3 is 2.44 bits per heavy atom. The van der Waals surface area contributed by atoms with Crippen molar-refractivity contribution in [2.45, 2.75) is 12.8 Å². The van der Waals surface area contributed by atoms with Crippen LogP contribution in [0.25, 0.3) is 10.9 Å². The number of fused-ring (bicyclic) bond motifs is 1. The van der Waals surface area contributed by atoms with E-state index in [1.54, 1.807) is 12.1 Å². The minimum atomic E-state index is -1.67. The number of rotatable bonds is 11. The van der Waals surface area contributed by atoms with E-state index in [0.29, 0.717) is 27.9 Å². The van der Waals surface area contributed by atoms with Gasteiger partial charge in [0.2, 0.25) is 0 Å². The summed E-state index contributed by atoms with van der Waals surface area (Å²) in [7, 11) is 1.26. The summed E-state index contributed by atoms with van der Waals surface area (Å²) in [6.07, 6.45) is 1.96. The molecule has 0 N–H and O–H groups in total. The Hall–Kier alpha value is -2.06. The summed E-state index contributed by atoms with van der Waals surface area (Å²) >= 11 is 12.5. The molecule has 11 heteroatoms. The van der Waals surface area contributed by atoms with E-state index in [-0.39, 0.29) is 5.56 Å². The van der Waals surface area contributed by atoms with Crippen molar-refractivity contribution in [3.63, 3.8) is 0 Å². The number of aromatic nitrogens is 1. The van der Waals surface area contributed by atoms with Crippen LogP contribution in [0.2, 0.25) is 10.0 Å². The Kier molecular flexibility index (Phi) is 9.71. The highest BCUT2D eigenvalue weighted by Gasteiger charge is 2.19. The van der Waals surface area contributed by atoms with E-state index in [1.165, 1.54) is 25.0 Å². The van der Waals surface area contributed by atoms with Crippen LogP contribution in [0.1, 0.15) is 12.8 Å². The molecule has 0 radical (unpaired) electrons. The van der Waals surface area contributed by atoms with Gasteiger partial charge in [0.05, 0.1) is 27.9 Å². The van der Waals surface area contributed by atoms with E-state index in [2.05, 4.69) is 9.80 Å². The Bertz CT molecular complexity index is 1220. The molecule has 1 saturated heterocycles. The van der Waals surface area contributed by atoms with Gasteiger partial charge in [-0.15, -0.1) is 4.73 Å². The first-order chi connectivity index (χ1) is 17.5. The van der Waals surface area contributed by atoms with Crippen LogP contribution in [0.3, 0.4) is 0 Å². The first-order valence-corrected chi connectivity index (χ1v) is 13.6. The fraction of sp³-hybridized carbons (Fsp3) is 0.400. The molecule has 0 saturated carbocycles. The summed E-state index contributed by atoms with van der Waals surface area (Å²) in [5.41, 5.74) is 1.29. The number of hydrogen-bond donors (Lipinski definition) is 0. The molecule has 0 bridgehead atoms. The molecule has 36 heavy (non-hydrogen) atoms. The lowest BCUT2D eigenvalue weighted by atomic mass is 10.2. The third kappa shape index (κ3) is 6.62. The average Bonchev–Trinajstić information content (AvgIpc) is 2.90. The number of anilines is 1. The maximum Gasteiger partial charge on any atom is 0.417 e. The SMILES string of the molecule is COP(OC)On1c(=O)ccc2ccc(OCCCCN3CCN(c4cccc(Cl)c4Cl)CC3)cc21. The molecular formula is C25H30Cl2N3O5P. The third-order valence-corrected chi connectivity index (χ3v) is 7.76. The predicted octanol–water partition coefficient (Wildman–Crippen LogP) is 5.24. The molecule has 1 aliphatic heterocycles. The van der Waals surface area contributed by atoms with Gasteiger partial charge in [0.15, 0.2) is 0 Å². The molecule has 0 atom stereocenters.